The van der Waals surface area contributed by atoms with Gasteiger partial charge in [0.2, 0.25) is 0 Å². The summed E-state index contributed by atoms with van der Waals surface area (Å²) < 4.78 is 0. The monoisotopic (exact) mass is 281 g/mol. The molecule has 1 atom stereocenters. The van der Waals surface area contributed by atoms with Crippen molar-refractivity contribution in [3.8, 4) is 6.07 Å². The van der Waals surface area contributed by atoms with Crippen LogP contribution < -0.4 is 4.90 Å². The number of piperidine rings is 1. The van der Waals surface area contributed by atoms with Crippen molar-refractivity contribution in [3.63, 3.8) is 0 Å². The second-order valence-electron chi connectivity index (χ2n) is 5.71. The minimum absolute atomic E-state index is 0.253. The molecule has 0 amide bonds. The van der Waals surface area contributed by atoms with Crippen molar-refractivity contribution in [1.29, 1.82) is 5.26 Å². The summed E-state index contributed by atoms with van der Waals surface area (Å²) >= 11 is 0. The number of hydrogen-bond acceptors (Lipinski definition) is 4. The largest absolute Gasteiger partial charge is 0.393 e. The van der Waals surface area contributed by atoms with Crippen LogP contribution in [0.2, 0.25) is 0 Å². The van der Waals surface area contributed by atoms with Gasteiger partial charge in [0.05, 0.1) is 22.9 Å². The van der Waals surface area contributed by atoms with Crippen molar-refractivity contribution in [3.05, 3.63) is 36.0 Å². The molecule has 1 aliphatic rings. The summed E-state index contributed by atoms with van der Waals surface area (Å²) in [5.74, 6) is 0.361. The van der Waals surface area contributed by atoms with Gasteiger partial charge in [0.25, 0.3) is 0 Å². The molecule has 1 saturated heterocycles. The third-order valence-electron chi connectivity index (χ3n) is 4.41. The summed E-state index contributed by atoms with van der Waals surface area (Å²) in [7, 11) is 0. The molecular formula is C17H19N3O. The molecule has 0 radical (unpaired) electrons. The zero-order valence-electron chi connectivity index (χ0n) is 12.2. The van der Waals surface area contributed by atoms with Gasteiger partial charge in [0.15, 0.2) is 0 Å². The van der Waals surface area contributed by atoms with Gasteiger partial charge in [0, 0.05) is 24.7 Å². The zero-order chi connectivity index (χ0) is 14.8. The average Bonchev–Trinajstić information content (AvgIpc) is 2.53. The van der Waals surface area contributed by atoms with E-state index in [1.807, 2.05) is 31.2 Å². The van der Waals surface area contributed by atoms with E-state index < -0.39 is 0 Å². The fourth-order valence-corrected chi connectivity index (χ4v) is 3.15. The summed E-state index contributed by atoms with van der Waals surface area (Å²) in [6.45, 7) is 3.61. The quantitative estimate of drug-likeness (QED) is 0.919. The van der Waals surface area contributed by atoms with Gasteiger partial charge in [-0.3, -0.25) is 4.98 Å². The first-order valence-electron chi connectivity index (χ1n) is 7.41. The minimum atomic E-state index is -0.253. The Labute approximate surface area is 124 Å². The van der Waals surface area contributed by atoms with E-state index in [9.17, 15) is 10.4 Å². The van der Waals surface area contributed by atoms with Crippen LogP contribution in [0.5, 0.6) is 0 Å². The van der Waals surface area contributed by atoms with E-state index in [-0.39, 0.29) is 6.10 Å². The number of aliphatic hydroxyl groups is 1. The van der Waals surface area contributed by atoms with Crippen molar-refractivity contribution in [2.24, 2.45) is 5.92 Å². The van der Waals surface area contributed by atoms with E-state index in [2.05, 4.69) is 16.0 Å². The summed E-state index contributed by atoms with van der Waals surface area (Å²) in [5, 5.41) is 20.2. The fourth-order valence-electron chi connectivity index (χ4n) is 3.15. The fraction of sp³-hybridized carbons (Fsp3) is 0.412. The van der Waals surface area contributed by atoms with Crippen LogP contribution in [0.25, 0.3) is 10.9 Å². The molecule has 21 heavy (non-hydrogen) atoms. The maximum Gasteiger partial charge on any atom is 0.103 e. The number of benzene rings is 1. The summed E-state index contributed by atoms with van der Waals surface area (Å²) in [6, 6.07) is 10.2. The van der Waals surface area contributed by atoms with E-state index in [1.165, 1.54) is 0 Å². The van der Waals surface area contributed by atoms with E-state index in [0.29, 0.717) is 11.5 Å². The maximum atomic E-state index is 9.73. The Morgan fingerprint density at radius 2 is 2.05 bits per heavy atom. The SMILES string of the molecule is CC(O)C1CCN(c2c(C#N)cnc3ccccc23)CC1. The molecule has 1 N–H and O–H groups in total. The van der Waals surface area contributed by atoms with Crippen LogP contribution in [0.4, 0.5) is 5.69 Å². The Bertz CT molecular complexity index is 682. The minimum Gasteiger partial charge on any atom is -0.393 e. The highest BCUT2D eigenvalue weighted by atomic mass is 16.3. The number of nitrogens with zero attached hydrogens (tertiary/aromatic N) is 3. The molecule has 1 unspecified atom stereocenters. The molecular weight excluding hydrogens is 262 g/mol. The normalized spacial score (nSPS) is 17.7. The van der Waals surface area contributed by atoms with Crippen molar-refractivity contribution >= 4 is 16.6 Å². The molecule has 108 valence electrons. The van der Waals surface area contributed by atoms with Gasteiger partial charge in [0.1, 0.15) is 6.07 Å². The number of pyridine rings is 1. The van der Waals surface area contributed by atoms with Gasteiger partial charge in [-0.05, 0) is 31.7 Å². The van der Waals surface area contributed by atoms with Crippen molar-refractivity contribution < 1.29 is 5.11 Å². The topological polar surface area (TPSA) is 60.1 Å². The Kier molecular flexibility index (Phi) is 3.76. The highest BCUT2D eigenvalue weighted by molar-refractivity contribution is 5.94. The molecule has 0 bridgehead atoms. The Morgan fingerprint density at radius 3 is 2.71 bits per heavy atom. The number of fused-ring (bicyclic) bond motifs is 1. The van der Waals surface area contributed by atoms with Crippen molar-refractivity contribution in [2.45, 2.75) is 25.9 Å². The maximum absolute atomic E-state index is 9.73. The summed E-state index contributed by atoms with van der Waals surface area (Å²) in [6.07, 6.45) is 3.33. The van der Waals surface area contributed by atoms with Crippen LogP contribution in [-0.4, -0.2) is 29.3 Å². The Balaban J connectivity index is 1.99. The van der Waals surface area contributed by atoms with Crippen LogP contribution in [0, 0.1) is 17.2 Å². The summed E-state index contributed by atoms with van der Waals surface area (Å²) in [5.41, 5.74) is 2.54. The van der Waals surface area contributed by atoms with E-state index >= 15 is 0 Å². The molecule has 0 saturated carbocycles. The number of anilines is 1. The molecule has 0 aliphatic carbocycles. The number of aliphatic hydroxyl groups excluding tert-OH is 1. The number of para-hydroxylation sites is 1. The molecule has 1 aromatic carbocycles. The van der Waals surface area contributed by atoms with E-state index in [0.717, 1.165) is 42.5 Å². The smallest absolute Gasteiger partial charge is 0.103 e. The lowest BCUT2D eigenvalue weighted by Crippen LogP contribution is -2.37. The van der Waals surface area contributed by atoms with Gasteiger partial charge in [-0.25, -0.2) is 0 Å². The number of aromatic nitrogens is 1. The van der Waals surface area contributed by atoms with Gasteiger partial charge < -0.3 is 10.0 Å². The third-order valence-corrected chi connectivity index (χ3v) is 4.41. The van der Waals surface area contributed by atoms with E-state index in [1.54, 1.807) is 6.20 Å². The predicted molar refractivity (Wildman–Crippen MR) is 83.1 cm³/mol. The first-order chi connectivity index (χ1) is 10.2. The predicted octanol–water partition coefficient (Wildman–Crippen LogP) is 2.70. The van der Waals surface area contributed by atoms with Crippen LogP contribution in [0.1, 0.15) is 25.3 Å². The highest BCUT2D eigenvalue weighted by Gasteiger charge is 2.25. The highest BCUT2D eigenvalue weighted by Crippen LogP contribution is 2.32. The molecule has 0 spiro atoms. The molecule has 4 heteroatoms. The lowest BCUT2D eigenvalue weighted by atomic mass is 9.91. The summed E-state index contributed by atoms with van der Waals surface area (Å²) in [4.78, 5) is 6.63. The standard InChI is InChI=1S/C17H19N3O/c1-12(21)13-6-8-20(9-7-13)17-14(10-18)11-19-16-5-3-2-4-15(16)17/h2-5,11-13,21H,6-9H2,1H3. The van der Waals surface area contributed by atoms with Gasteiger partial charge >= 0.3 is 0 Å². The molecule has 3 rings (SSSR count). The van der Waals surface area contributed by atoms with Gasteiger partial charge in [-0.15, -0.1) is 0 Å². The Morgan fingerprint density at radius 1 is 1.33 bits per heavy atom. The molecule has 2 heterocycles. The first-order valence-corrected chi connectivity index (χ1v) is 7.41. The Hall–Kier alpha value is -2.12. The van der Waals surface area contributed by atoms with Crippen LogP contribution >= 0.6 is 0 Å². The average molecular weight is 281 g/mol. The second-order valence-corrected chi connectivity index (χ2v) is 5.71. The van der Waals surface area contributed by atoms with Crippen molar-refractivity contribution in [2.75, 3.05) is 18.0 Å². The van der Waals surface area contributed by atoms with Gasteiger partial charge in [-0.2, -0.15) is 5.26 Å². The van der Waals surface area contributed by atoms with Crippen LogP contribution in [0.15, 0.2) is 30.5 Å². The zero-order valence-corrected chi connectivity index (χ0v) is 12.2. The molecule has 2 aromatic rings. The van der Waals surface area contributed by atoms with Crippen molar-refractivity contribution in [1.82, 2.24) is 4.98 Å². The van der Waals surface area contributed by atoms with Crippen LogP contribution in [0.3, 0.4) is 0 Å². The number of hydrogen-bond donors (Lipinski definition) is 1. The number of nitriles is 1. The molecule has 1 aliphatic heterocycles. The first kappa shape index (κ1) is 13.8. The lowest BCUT2D eigenvalue weighted by molar-refractivity contribution is 0.110. The van der Waals surface area contributed by atoms with Crippen LogP contribution in [-0.2, 0) is 0 Å². The molecule has 1 aromatic heterocycles. The van der Waals surface area contributed by atoms with E-state index in [4.69, 9.17) is 0 Å². The molecule has 4 nitrogen and oxygen atoms in total. The lowest BCUT2D eigenvalue weighted by Gasteiger charge is -2.35. The molecule has 1 fully saturated rings. The third kappa shape index (κ3) is 2.57. The number of rotatable bonds is 2. The van der Waals surface area contributed by atoms with Gasteiger partial charge in [-0.1, -0.05) is 18.2 Å². The second kappa shape index (κ2) is 5.71.